The highest BCUT2D eigenvalue weighted by Crippen LogP contribution is 2.32. The zero-order valence-electron chi connectivity index (χ0n) is 8.35. The zero-order valence-corrected chi connectivity index (χ0v) is 9.87. The third kappa shape index (κ3) is 3.25. The Morgan fingerprint density at radius 1 is 1.18 bits per heavy atom. The van der Waals surface area contributed by atoms with Crippen LogP contribution in [0.2, 0.25) is 10.0 Å². The van der Waals surface area contributed by atoms with E-state index in [1.807, 2.05) is 0 Å². The molecule has 0 atom stereocenters. The van der Waals surface area contributed by atoms with Gasteiger partial charge in [0, 0.05) is 11.4 Å². The molecule has 0 saturated carbocycles. The Hall–Kier alpha value is -1.46. The largest absolute Gasteiger partial charge is 0.506 e. The Kier molecular flexibility index (Phi) is 4.20. The standard InChI is InChI=1S/C10H8Cl2O5/c11-5-1-4(8(13)7(12)3-5)2-6(9(14)15)10(16)17/h1,3,6,13H,2H2,(H,14,15)(H,16,17). The molecule has 92 valence electrons. The van der Waals surface area contributed by atoms with Gasteiger partial charge in [-0.3, -0.25) is 9.59 Å². The molecule has 0 bridgehead atoms. The first-order chi connectivity index (χ1) is 7.82. The number of halogens is 2. The number of rotatable bonds is 4. The van der Waals surface area contributed by atoms with Crippen LogP contribution in [0.15, 0.2) is 12.1 Å². The maximum atomic E-state index is 10.7. The van der Waals surface area contributed by atoms with Gasteiger partial charge in [0.2, 0.25) is 0 Å². The van der Waals surface area contributed by atoms with Crippen molar-refractivity contribution in [3.8, 4) is 5.75 Å². The molecule has 0 aliphatic carbocycles. The van der Waals surface area contributed by atoms with E-state index in [1.165, 1.54) is 12.1 Å². The molecule has 0 heterocycles. The Bertz CT molecular complexity index is 458. The Morgan fingerprint density at radius 2 is 1.71 bits per heavy atom. The van der Waals surface area contributed by atoms with Crippen molar-refractivity contribution in [2.45, 2.75) is 6.42 Å². The van der Waals surface area contributed by atoms with E-state index in [4.69, 9.17) is 33.4 Å². The van der Waals surface area contributed by atoms with Crippen molar-refractivity contribution in [2.24, 2.45) is 5.92 Å². The van der Waals surface area contributed by atoms with Crippen LogP contribution in [0.25, 0.3) is 0 Å². The summed E-state index contributed by atoms with van der Waals surface area (Å²) in [5.74, 6) is -5.00. The minimum atomic E-state index is -1.66. The van der Waals surface area contributed by atoms with E-state index in [0.29, 0.717) is 0 Å². The van der Waals surface area contributed by atoms with Gasteiger partial charge in [0.15, 0.2) is 5.92 Å². The molecule has 0 radical (unpaired) electrons. The van der Waals surface area contributed by atoms with Gasteiger partial charge in [-0.05, 0) is 17.7 Å². The van der Waals surface area contributed by atoms with E-state index in [9.17, 15) is 14.7 Å². The highest BCUT2D eigenvalue weighted by atomic mass is 35.5. The lowest BCUT2D eigenvalue weighted by Crippen LogP contribution is -2.25. The van der Waals surface area contributed by atoms with E-state index in [2.05, 4.69) is 0 Å². The van der Waals surface area contributed by atoms with Gasteiger partial charge >= 0.3 is 11.9 Å². The second-order valence-corrected chi connectivity index (χ2v) is 4.17. The predicted molar refractivity (Wildman–Crippen MR) is 60.6 cm³/mol. The first-order valence-electron chi connectivity index (χ1n) is 4.45. The SMILES string of the molecule is O=C(O)C(Cc1cc(Cl)cc(Cl)c1O)C(=O)O. The van der Waals surface area contributed by atoms with Crippen LogP contribution in [0.3, 0.4) is 0 Å². The topological polar surface area (TPSA) is 94.8 Å². The average molecular weight is 279 g/mol. The lowest BCUT2D eigenvalue weighted by atomic mass is 9.99. The number of carboxylic acid groups (broad SMARTS) is 2. The first-order valence-corrected chi connectivity index (χ1v) is 5.21. The van der Waals surface area contributed by atoms with Crippen molar-refractivity contribution in [1.29, 1.82) is 0 Å². The third-order valence-corrected chi connectivity index (χ3v) is 2.63. The highest BCUT2D eigenvalue weighted by Gasteiger charge is 2.27. The molecule has 0 amide bonds. The smallest absolute Gasteiger partial charge is 0.318 e. The molecule has 0 spiro atoms. The number of hydrogen-bond acceptors (Lipinski definition) is 3. The van der Waals surface area contributed by atoms with Crippen LogP contribution >= 0.6 is 23.2 Å². The normalized spacial score (nSPS) is 10.5. The second-order valence-electron chi connectivity index (χ2n) is 3.33. The fourth-order valence-electron chi connectivity index (χ4n) is 1.28. The van der Waals surface area contributed by atoms with Crippen molar-refractivity contribution in [3.05, 3.63) is 27.7 Å². The number of phenolic OH excluding ortho intramolecular Hbond substituents is 1. The average Bonchev–Trinajstić information content (AvgIpc) is 2.19. The monoisotopic (exact) mass is 278 g/mol. The summed E-state index contributed by atoms with van der Waals surface area (Å²) < 4.78 is 0. The molecule has 7 heteroatoms. The molecule has 1 aromatic carbocycles. The van der Waals surface area contributed by atoms with Gasteiger partial charge < -0.3 is 15.3 Å². The number of phenols is 1. The molecular weight excluding hydrogens is 271 g/mol. The van der Waals surface area contributed by atoms with Crippen molar-refractivity contribution in [1.82, 2.24) is 0 Å². The Balaban J connectivity index is 3.09. The lowest BCUT2D eigenvalue weighted by molar-refractivity contribution is -0.154. The minimum absolute atomic E-state index is 0.0537. The van der Waals surface area contributed by atoms with Crippen LogP contribution in [0.4, 0.5) is 0 Å². The molecule has 0 fully saturated rings. The number of carboxylic acids is 2. The van der Waals surface area contributed by atoms with Gasteiger partial charge in [0.1, 0.15) is 5.75 Å². The number of hydrogen-bond donors (Lipinski definition) is 3. The molecule has 0 unspecified atom stereocenters. The summed E-state index contributed by atoms with van der Waals surface area (Å²) in [5.41, 5.74) is 0.0808. The van der Waals surface area contributed by atoms with Crippen LogP contribution in [0.1, 0.15) is 5.56 Å². The molecule has 0 saturated heterocycles. The van der Waals surface area contributed by atoms with Gasteiger partial charge in [-0.1, -0.05) is 23.2 Å². The molecular formula is C10H8Cl2O5. The lowest BCUT2D eigenvalue weighted by Gasteiger charge is -2.10. The maximum Gasteiger partial charge on any atom is 0.318 e. The van der Waals surface area contributed by atoms with Crippen molar-refractivity contribution in [2.75, 3.05) is 0 Å². The predicted octanol–water partition coefficient (Wildman–Crippen LogP) is 2.03. The summed E-state index contributed by atoms with van der Waals surface area (Å²) in [5, 5.41) is 27.1. The van der Waals surface area contributed by atoms with E-state index < -0.39 is 24.3 Å². The summed E-state index contributed by atoms with van der Waals surface area (Å²) in [7, 11) is 0. The van der Waals surface area contributed by atoms with Crippen molar-refractivity contribution >= 4 is 35.1 Å². The molecule has 0 aromatic heterocycles. The van der Waals surface area contributed by atoms with Crippen LogP contribution in [0, 0.1) is 5.92 Å². The third-order valence-electron chi connectivity index (χ3n) is 2.13. The van der Waals surface area contributed by atoms with E-state index >= 15 is 0 Å². The second kappa shape index (κ2) is 5.25. The summed E-state index contributed by atoms with van der Waals surface area (Å²) in [4.78, 5) is 21.4. The van der Waals surface area contributed by atoms with E-state index in [0.717, 1.165) is 0 Å². The van der Waals surface area contributed by atoms with Gasteiger partial charge in [-0.15, -0.1) is 0 Å². The number of aromatic hydroxyl groups is 1. The summed E-state index contributed by atoms with van der Waals surface area (Å²) in [6.45, 7) is 0. The first kappa shape index (κ1) is 13.6. The quantitative estimate of drug-likeness (QED) is 0.733. The minimum Gasteiger partial charge on any atom is -0.506 e. The van der Waals surface area contributed by atoms with Gasteiger partial charge in [-0.2, -0.15) is 0 Å². The van der Waals surface area contributed by atoms with Crippen LogP contribution in [-0.2, 0) is 16.0 Å². The fourth-order valence-corrected chi connectivity index (χ4v) is 1.81. The molecule has 5 nitrogen and oxygen atoms in total. The fraction of sp³-hybridized carbons (Fsp3) is 0.200. The zero-order chi connectivity index (χ0) is 13.2. The molecule has 3 N–H and O–H groups in total. The van der Waals surface area contributed by atoms with Gasteiger partial charge in [0.25, 0.3) is 0 Å². The summed E-state index contributed by atoms with van der Waals surface area (Å²) in [6.07, 6.45) is -0.392. The van der Waals surface area contributed by atoms with E-state index in [1.54, 1.807) is 0 Å². The van der Waals surface area contributed by atoms with Crippen molar-refractivity contribution in [3.63, 3.8) is 0 Å². The molecule has 0 aliphatic rings. The molecule has 17 heavy (non-hydrogen) atoms. The van der Waals surface area contributed by atoms with Crippen LogP contribution in [-0.4, -0.2) is 27.3 Å². The summed E-state index contributed by atoms with van der Waals surface area (Å²) in [6, 6.07) is 2.56. The maximum absolute atomic E-state index is 10.7. The summed E-state index contributed by atoms with van der Waals surface area (Å²) >= 11 is 11.3. The Labute approximate surface area is 106 Å². The number of benzene rings is 1. The van der Waals surface area contributed by atoms with Crippen molar-refractivity contribution < 1.29 is 24.9 Å². The Morgan fingerprint density at radius 3 is 2.18 bits per heavy atom. The molecule has 0 aliphatic heterocycles. The highest BCUT2D eigenvalue weighted by molar-refractivity contribution is 6.35. The van der Waals surface area contributed by atoms with E-state index in [-0.39, 0.29) is 21.4 Å². The van der Waals surface area contributed by atoms with Gasteiger partial charge in [0.05, 0.1) is 5.02 Å². The van der Waals surface area contributed by atoms with Crippen LogP contribution in [0.5, 0.6) is 5.75 Å². The molecule has 1 aromatic rings. The number of carbonyl (C=O) groups is 2. The van der Waals surface area contributed by atoms with Crippen LogP contribution < -0.4 is 0 Å². The number of aliphatic carboxylic acids is 2. The van der Waals surface area contributed by atoms with Gasteiger partial charge in [-0.25, -0.2) is 0 Å². The molecule has 1 rings (SSSR count).